The Morgan fingerprint density at radius 2 is 1.80 bits per heavy atom. The van der Waals surface area contributed by atoms with Crippen LogP contribution in [0.5, 0.6) is 0 Å². The third-order valence-corrected chi connectivity index (χ3v) is 4.48. The summed E-state index contributed by atoms with van der Waals surface area (Å²) in [6.45, 7) is 5.33. The average Bonchev–Trinajstić information content (AvgIpc) is 2.32. The Bertz CT molecular complexity index is 755. The van der Waals surface area contributed by atoms with Crippen LogP contribution >= 0.6 is 0 Å². The van der Waals surface area contributed by atoms with Gasteiger partial charge < -0.3 is 5.73 Å². The molecule has 1 heterocycles. The number of hydrogen-bond acceptors (Lipinski definition) is 4. The highest BCUT2D eigenvalue weighted by Crippen LogP contribution is 2.22. The molecule has 0 bridgehead atoms. The van der Waals surface area contributed by atoms with E-state index in [1.165, 1.54) is 6.07 Å². The molecule has 0 aliphatic rings. The number of anilines is 2. The van der Waals surface area contributed by atoms with Gasteiger partial charge in [0.05, 0.1) is 16.3 Å². The van der Waals surface area contributed by atoms with Crippen molar-refractivity contribution in [2.45, 2.75) is 25.7 Å². The zero-order chi connectivity index (χ0) is 14.9. The fourth-order valence-electron chi connectivity index (χ4n) is 1.97. The van der Waals surface area contributed by atoms with Crippen LogP contribution < -0.4 is 10.5 Å². The molecule has 106 valence electrons. The second kappa shape index (κ2) is 5.13. The summed E-state index contributed by atoms with van der Waals surface area (Å²) >= 11 is 0. The highest BCUT2D eigenvalue weighted by atomic mass is 32.2. The summed E-state index contributed by atoms with van der Waals surface area (Å²) in [5, 5.41) is 0. The number of aromatic nitrogens is 1. The van der Waals surface area contributed by atoms with Crippen LogP contribution in [-0.4, -0.2) is 13.4 Å². The number of nitrogens with zero attached hydrogens (tertiary/aromatic N) is 1. The van der Waals surface area contributed by atoms with E-state index >= 15 is 0 Å². The van der Waals surface area contributed by atoms with E-state index < -0.39 is 10.0 Å². The summed E-state index contributed by atoms with van der Waals surface area (Å²) in [5.41, 5.74) is 8.74. The molecule has 1 aromatic carbocycles. The molecule has 2 rings (SSSR count). The van der Waals surface area contributed by atoms with Crippen molar-refractivity contribution >= 4 is 21.4 Å². The average molecular weight is 291 g/mol. The minimum atomic E-state index is -3.64. The smallest absolute Gasteiger partial charge is 0.262 e. The van der Waals surface area contributed by atoms with Gasteiger partial charge in [0.2, 0.25) is 0 Å². The summed E-state index contributed by atoms with van der Waals surface area (Å²) in [4.78, 5) is 4.46. The van der Waals surface area contributed by atoms with Gasteiger partial charge in [0.25, 0.3) is 10.0 Å². The van der Waals surface area contributed by atoms with Gasteiger partial charge in [-0.05, 0) is 56.7 Å². The van der Waals surface area contributed by atoms with E-state index in [1.807, 2.05) is 6.92 Å². The molecule has 1 aromatic heterocycles. The van der Waals surface area contributed by atoms with Crippen LogP contribution in [0.4, 0.5) is 11.4 Å². The summed E-state index contributed by atoms with van der Waals surface area (Å²) in [5.74, 6) is 0. The highest BCUT2D eigenvalue weighted by molar-refractivity contribution is 7.92. The normalized spacial score (nSPS) is 11.3. The maximum atomic E-state index is 12.4. The largest absolute Gasteiger partial charge is 0.399 e. The molecule has 0 saturated carbocycles. The fourth-order valence-corrected chi connectivity index (χ4v) is 3.31. The second-order valence-electron chi connectivity index (χ2n) is 4.72. The second-order valence-corrected chi connectivity index (χ2v) is 6.37. The molecule has 2 aromatic rings. The van der Waals surface area contributed by atoms with Gasteiger partial charge >= 0.3 is 0 Å². The number of nitrogen functional groups attached to an aromatic ring is 1. The van der Waals surface area contributed by atoms with Gasteiger partial charge in [0.15, 0.2) is 0 Å². The lowest BCUT2D eigenvalue weighted by atomic mass is 10.2. The molecule has 5 nitrogen and oxygen atoms in total. The van der Waals surface area contributed by atoms with Crippen molar-refractivity contribution in [2.24, 2.45) is 0 Å². The Hall–Kier alpha value is -2.08. The summed E-state index contributed by atoms with van der Waals surface area (Å²) in [6, 6.07) is 8.18. The maximum absolute atomic E-state index is 12.4. The molecule has 0 atom stereocenters. The van der Waals surface area contributed by atoms with Crippen molar-refractivity contribution in [3.63, 3.8) is 0 Å². The number of hydrogen-bond donors (Lipinski definition) is 2. The third kappa shape index (κ3) is 2.91. The molecule has 20 heavy (non-hydrogen) atoms. The van der Waals surface area contributed by atoms with Crippen molar-refractivity contribution in [3.8, 4) is 0 Å². The van der Waals surface area contributed by atoms with E-state index in [4.69, 9.17) is 5.73 Å². The molecule has 0 spiro atoms. The predicted octanol–water partition coefficient (Wildman–Crippen LogP) is 2.39. The number of nitrogens with one attached hydrogen (secondary N) is 1. The Kier molecular flexibility index (Phi) is 3.67. The fraction of sp³-hybridized carbons (Fsp3) is 0.214. The van der Waals surface area contributed by atoms with E-state index in [0.717, 1.165) is 5.69 Å². The minimum Gasteiger partial charge on any atom is -0.399 e. The Labute approximate surface area is 118 Å². The molecule has 0 saturated heterocycles. The standard InChI is InChI=1S/C14H17N3O2S/c1-9-8-12(15)5-7-14(9)20(18,19)17-13-6-4-10(2)16-11(13)3/h4-8,17H,15H2,1-3H3. The third-order valence-electron chi connectivity index (χ3n) is 2.96. The van der Waals surface area contributed by atoms with Crippen molar-refractivity contribution in [2.75, 3.05) is 10.5 Å². The Morgan fingerprint density at radius 1 is 1.10 bits per heavy atom. The first-order valence-electron chi connectivity index (χ1n) is 6.13. The first-order chi connectivity index (χ1) is 9.29. The van der Waals surface area contributed by atoms with Gasteiger partial charge in [-0.1, -0.05) is 0 Å². The number of benzene rings is 1. The summed E-state index contributed by atoms with van der Waals surface area (Å²) < 4.78 is 27.3. The lowest BCUT2D eigenvalue weighted by Gasteiger charge is -2.12. The number of aryl methyl sites for hydroxylation is 3. The van der Waals surface area contributed by atoms with Gasteiger partial charge in [-0.15, -0.1) is 0 Å². The van der Waals surface area contributed by atoms with Crippen molar-refractivity contribution in [1.82, 2.24) is 4.98 Å². The van der Waals surface area contributed by atoms with Gasteiger partial charge in [0.1, 0.15) is 0 Å². The topological polar surface area (TPSA) is 85.1 Å². The number of sulfonamides is 1. The van der Waals surface area contributed by atoms with Gasteiger partial charge in [-0.2, -0.15) is 0 Å². The predicted molar refractivity (Wildman–Crippen MR) is 80.1 cm³/mol. The van der Waals surface area contributed by atoms with Crippen LogP contribution in [0.1, 0.15) is 17.0 Å². The summed E-state index contributed by atoms with van der Waals surface area (Å²) in [7, 11) is -3.64. The number of nitrogens with two attached hydrogens (primary N) is 1. The molecule has 0 amide bonds. The highest BCUT2D eigenvalue weighted by Gasteiger charge is 2.18. The molecule has 0 aliphatic heterocycles. The number of pyridine rings is 1. The van der Waals surface area contributed by atoms with Gasteiger partial charge in [-0.25, -0.2) is 8.42 Å². The first-order valence-corrected chi connectivity index (χ1v) is 7.61. The molecule has 6 heteroatoms. The number of rotatable bonds is 3. The van der Waals surface area contributed by atoms with Crippen molar-refractivity contribution in [3.05, 3.63) is 47.3 Å². The van der Waals surface area contributed by atoms with Crippen LogP contribution in [0.25, 0.3) is 0 Å². The maximum Gasteiger partial charge on any atom is 0.262 e. The molecule has 0 radical (unpaired) electrons. The van der Waals surface area contributed by atoms with E-state index in [0.29, 0.717) is 22.6 Å². The van der Waals surface area contributed by atoms with Crippen LogP contribution in [0.3, 0.4) is 0 Å². The SMILES string of the molecule is Cc1ccc(NS(=O)(=O)c2ccc(N)cc2C)c(C)n1. The molecular formula is C14H17N3O2S. The minimum absolute atomic E-state index is 0.215. The van der Waals surface area contributed by atoms with Crippen LogP contribution in [0.15, 0.2) is 35.2 Å². The van der Waals surface area contributed by atoms with Crippen LogP contribution in [-0.2, 0) is 10.0 Å². The molecule has 0 fully saturated rings. The van der Waals surface area contributed by atoms with Gasteiger partial charge in [-0.3, -0.25) is 9.71 Å². The van der Waals surface area contributed by atoms with Gasteiger partial charge in [0, 0.05) is 11.4 Å². The van der Waals surface area contributed by atoms with E-state index in [9.17, 15) is 8.42 Å². The molecular weight excluding hydrogens is 274 g/mol. The van der Waals surface area contributed by atoms with E-state index in [-0.39, 0.29) is 4.90 Å². The molecule has 0 unspecified atom stereocenters. The summed E-state index contributed by atoms with van der Waals surface area (Å²) in [6.07, 6.45) is 0. The lowest BCUT2D eigenvalue weighted by Crippen LogP contribution is -2.15. The van der Waals surface area contributed by atoms with E-state index in [2.05, 4.69) is 9.71 Å². The Morgan fingerprint density at radius 3 is 2.40 bits per heavy atom. The van der Waals surface area contributed by atoms with Crippen molar-refractivity contribution < 1.29 is 8.42 Å². The lowest BCUT2D eigenvalue weighted by molar-refractivity contribution is 0.600. The van der Waals surface area contributed by atoms with Crippen LogP contribution in [0, 0.1) is 20.8 Å². The quantitative estimate of drug-likeness (QED) is 0.850. The Balaban J connectivity index is 2.41. The van der Waals surface area contributed by atoms with Crippen molar-refractivity contribution in [1.29, 1.82) is 0 Å². The molecule has 0 aliphatic carbocycles. The monoisotopic (exact) mass is 291 g/mol. The molecule has 3 N–H and O–H groups in total. The first kappa shape index (κ1) is 14.3. The van der Waals surface area contributed by atoms with E-state index in [1.54, 1.807) is 38.1 Å². The zero-order valence-corrected chi connectivity index (χ0v) is 12.5. The van der Waals surface area contributed by atoms with Crippen LogP contribution in [0.2, 0.25) is 0 Å². The zero-order valence-electron chi connectivity index (χ0n) is 11.6.